The molecule has 1 fully saturated rings. The molecule has 1 amide bonds. The maximum atomic E-state index is 11.8. The van der Waals surface area contributed by atoms with Crippen molar-refractivity contribution >= 4 is 5.91 Å². The first-order valence-corrected chi connectivity index (χ1v) is 5.46. The molecular formula is C11H22N2O. The van der Waals surface area contributed by atoms with E-state index in [0.717, 1.165) is 25.7 Å². The average Bonchev–Trinajstić information content (AvgIpc) is 2.01. The zero-order valence-electron chi connectivity index (χ0n) is 9.47. The van der Waals surface area contributed by atoms with Gasteiger partial charge in [0.25, 0.3) is 0 Å². The van der Waals surface area contributed by atoms with Gasteiger partial charge >= 0.3 is 0 Å². The normalized spacial score (nSPS) is 28.6. The second-order valence-electron chi connectivity index (χ2n) is 5.36. The van der Waals surface area contributed by atoms with E-state index in [1.165, 1.54) is 0 Å². The van der Waals surface area contributed by atoms with Crippen molar-refractivity contribution in [2.45, 2.75) is 58.0 Å². The summed E-state index contributed by atoms with van der Waals surface area (Å²) >= 11 is 0. The van der Waals surface area contributed by atoms with Gasteiger partial charge in [0.2, 0.25) is 5.91 Å². The molecule has 3 heteroatoms. The van der Waals surface area contributed by atoms with Gasteiger partial charge in [-0.25, -0.2) is 0 Å². The molecule has 1 aliphatic carbocycles. The lowest BCUT2D eigenvalue weighted by molar-refractivity contribution is -0.127. The van der Waals surface area contributed by atoms with Crippen LogP contribution in [0.15, 0.2) is 0 Å². The Kier molecular flexibility index (Phi) is 3.53. The first-order valence-electron chi connectivity index (χ1n) is 5.46. The van der Waals surface area contributed by atoms with Gasteiger partial charge in [0.05, 0.1) is 0 Å². The van der Waals surface area contributed by atoms with Crippen molar-refractivity contribution in [2.24, 2.45) is 11.7 Å². The van der Waals surface area contributed by atoms with Crippen molar-refractivity contribution in [1.29, 1.82) is 0 Å². The van der Waals surface area contributed by atoms with Gasteiger partial charge in [-0.1, -0.05) is 6.42 Å². The Morgan fingerprint density at radius 1 is 1.36 bits per heavy atom. The molecule has 1 saturated carbocycles. The zero-order valence-corrected chi connectivity index (χ0v) is 9.47. The molecule has 3 N–H and O–H groups in total. The maximum absolute atomic E-state index is 11.8. The van der Waals surface area contributed by atoms with Gasteiger partial charge in [-0.05, 0) is 40.0 Å². The fourth-order valence-corrected chi connectivity index (χ4v) is 1.94. The highest BCUT2D eigenvalue weighted by Crippen LogP contribution is 2.23. The van der Waals surface area contributed by atoms with Crippen LogP contribution in [0.25, 0.3) is 0 Å². The van der Waals surface area contributed by atoms with E-state index in [9.17, 15) is 4.79 Å². The Morgan fingerprint density at radius 2 is 2.00 bits per heavy atom. The molecule has 0 aliphatic heterocycles. The largest absolute Gasteiger partial charge is 0.351 e. The Bertz CT molecular complexity index is 208. The lowest BCUT2D eigenvalue weighted by Crippen LogP contribution is -2.46. The molecule has 1 unspecified atom stereocenters. The summed E-state index contributed by atoms with van der Waals surface area (Å²) in [4.78, 5) is 11.8. The van der Waals surface area contributed by atoms with E-state index in [1.54, 1.807) is 0 Å². The molecule has 2 atom stereocenters. The molecular weight excluding hydrogens is 176 g/mol. The number of carbonyl (C=O) groups excluding carboxylic acids is 1. The lowest BCUT2D eigenvalue weighted by atomic mass is 9.85. The highest BCUT2D eigenvalue weighted by molar-refractivity contribution is 5.79. The highest BCUT2D eigenvalue weighted by atomic mass is 16.2. The van der Waals surface area contributed by atoms with Gasteiger partial charge in [0.15, 0.2) is 0 Å². The summed E-state index contributed by atoms with van der Waals surface area (Å²) in [7, 11) is 0. The predicted molar refractivity (Wildman–Crippen MR) is 57.8 cm³/mol. The van der Waals surface area contributed by atoms with Crippen molar-refractivity contribution in [3.8, 4) is 0 Å². The molecule has 82 valence electrons. The summed E-state index contributed by atoms with van der Waals surface area (Å²) in [6, 6.07) is 0.222. The molecule has 0 heterocycles. The van der Waals surface area contributed by atoms with Crippen LogP contribution in [-0.4, -0.2) is 17.5 Å². The lowest BCUT2D eigenvalue weighted by Gasteiger charge is -2.29. The molecule has 14 heavy (non-hydrogen) atoms. The van der Waals surface area contributed by atoms with Crippen LogP contribution < -0.4 is 11.1 Å². The van der Waals surface area contributed by atoms with Crippen LogP contribution in [0.3, 0.4) is 0 Å². The van der Waals surface area contributed by atoms with Gasteiger partial charge in [-0.2, -0.15) is 0 Å². The van der Waals surface area contributed by atoms with Crippen LogP contribution in [0.2, 0.25) is 0 Å². The third-order valence-corrected chi connectivity index (χ3v) is 2.58. The molecule has 0 saturated heterocycles. The van der Waals surface area contributed by atoms with E-state index in [2.05, 4.69) is 5.32 Å². The van der Waals surface area contributed by atoms with E-state index >= 15 is 0 Å². The fourth-order valence-electron chi connectivity index (χ4n) is 1.94. The molecule has 1 aliphatic rings. The quantitative estimate of drug-likeness (QED) is 0.669. The number of amides is 1. The Hall–Kier alpha value is -0.570. The number of hydrogen-bond donors (Lipinski definition) is 2. The van der Waals surface area contributed by atoms with Crippen molar-refractivity contribution in [2.75, 3.05) is 0 Å². The number of carbonyl (C=O) groups is 1. The summed E-state index contributed by atoms with van der Waals surface area (Å²) in [5.74, 6) is 0.311. The Balaban J connectivity index is 2.44. The van der Waals surface area contributed by atoms with Crippen molar-refractivity contribution in [3.05, 3.63) is 0 Å². The van der Waals surface area contributed by atoms with Crippen LogP contribution in [0.4, 0.5) is 0 Å². The van der Waals surface area contributed by atoms with Crippen LogP contribution in [0.5, 0.6) is 0 Å². The third kappa shape index (κ3) is 3.66. The molecule has 3 nitrogen and oxygen atoms in total. The van der Waals surface area contributed by atoms with Gasteiger partial charge in [-0.15, -0.1) is 0 Å². The molecule has 0 spiro atoms. The smallest absolute Gasteiger partial charge is 0.223 e. The van der Waals surface area contributed by atoms with E-state index in [4.69, 9.17) is 5.73 Å². The molecule has 0 bridgehead atoms. The van der Waals surface area contributed by atoms with Gasteiger partial charge in [-0.3, -0.25) is 4.79 Å². The number of rotatable bonds is 1. The molecule has 1 rings (SSSR count). The SMILES string of the molecule is CC(C)(C)NC(=O)C1CCC[C@@H](N)C1. The number of nitrogens with one attached hydrogen (secondary N) is 1. The van der Waals surface area contributed by atoms with E-state index < -0.39 is 0 Å². The van der Waals surface area contributed by atoms with E-state index in [-0.39, 0.29) is 23.4 Å². The van der Waals surface area contributed by atoms with Crippen molar-refractivity contribution in [1.82, 2.24) is 5.32 Å². The summed E-state index contributed by atoms with van der Waals surface area (Å²) in [5, 5.41) is 3.01. The van der Waals surface area contributed by atoms with Crippen molar-refractivity contribution < 1.29 is 4.79 Å². The minimum absolute atomic E-state index is 0.126. The summed E-state index contributed by atoms with van der Waals surface area (Å²) in [6.45, 7) is 6.02. The van der Waals surface area contributed by atoms with Crippen molar-refractivity contribution in [3.63, 3.8) is 0 Å². The minimum Gasteiger partial charge on any atom is -0.351 e. The van der Waals surface area contributed by atoms with E-state index in [1.807, 2.05) is 20.8 Å². The van der Waals surface area contributed by atoms with Gasteiger partial charge in [0, 0.05) is 17.5 Å². The highest BCUT2D eigenvalue weighted by Gasteiger charge is 2.27. The van der Waals surface area contributed by atoms with Gasteiger partial charge < -0.3 is 11.1 Å². The first kappa shape index (κ1) is 11.5. The molecule has 0 radical (unpaired) electrons. The average molecular weight is 198 g/mol. The van der Waals surface area contributed by atoms with E-state index in [0.29, 0.717) is 0 Å². The minimum atomic E-state index is -0.126. The first-order chi connectivity index (χ1) is 6.38. The molecule has 0 aromatic heterocycles. The summed E-state index contributed by atoms with van der Waals surface area (Å²) in [6.07, 6.45) is 4.00. The zero-order chi connectivity index (χ0) is 10.8. The second-order valence-corrected chi connectivity index (χ2v) is 5.36. The summed E-state index contributed by atoms with van der Waals surface area (Å²) < 4.78 is 0. The standard InChI is InChI=1S/C11H22N2O/c1-11(2,3)13-10(14)8-5-4-6-9(12)7-8/h8-9H,4-7,12H2,1-3H3,(H,13,14)/t8?,9-/m1/s1. The Morgan fingerprint density at radius 3 is 2.50 bits per heavy atom. The molecule has 0 aromatic rings. The Labute approximate surface area is 86.4 Å². The maximum Gasteiger partial charge on any atom is 0.223 e. The monoisotopic (exact) mass is 198 g/mol. The third-order valence-electron chi connectivity index (χ3n) is 2.58. The topological polar surface area (TPSA) is 55.1 Å². The van der Waals surface area contributed by atoms with Crippen LogP contribution in [-0.2, 0) is 4.79 Å². The number of hydrogen-bond acceptors (Lipinski definition) is 2. The number of nitrogens with two attached hydrogens (primary N) is 1. The van der Waals surface area contributed by atoms with Gasteiger partial charge in [0.1, 0.15) is 0 Å². The van der Waals surface area contributed by atoms with Crippen LogP contribution in [0.1, 0.15) is 46.5 Å². The van der Waals surface area contributed by atoms with Crippen LogP contribution in [0, 0.1) is 5.92 Å². The second kappa shape index (κ2) is 4.30. The predicted octanol–water partition coefficient (Wildman–Crippen LogP) is 1.42. The molecule has 0 aromatic carbocycles. The fraction of sp³-hybridized carbons (Fsp3) is 0.909. The summed E-state index contributed by atoms with van der Waals surface area (Å²) in [5.41, 5.74) is 5.72. The van der Waals surface area contributed by atoms with Crippen LogP contribution >= 0.6 is 0 Å².